The van der Waals surface area contributed by atoms with Crippen molar-refractivity contribution in [2.45, 2.75) is 43.8 Å². The van der Waals surface area contributed by atoms with Gasteiger partial charge < -0.3 is 19.7 Å². The molecule has 2 N–H and O–H groups in total. The maximum Gasteiger partial charge on any atom is 0.129 e. The molecule has 1 aliphatic heterocycles. The Labute approximate surface area is 113 Å². The van der Waals surface area contributed by atoms with Gasteiger partial charge in [-0.3, -0.25) is 0 Å². The Bertz CT molecular complexity index is 451. The average Bonchev–Trinajstić information content (AvgIpc) is 2.79. The van der Waals surface area contributed by atoms with Gasteiger partial charge in [-0.25, -0.2) is 0 Å². The lowest BCUT2D eigenvalue weighted by molar-refractivity contribution is -0.0339. The monoisotopic (exact) mass is 264 g/mol. The van der Waals surface area contributed by atoms with Gasteiger partial charge in [0.25, 0.3) is 0 Å². The molecule has 1 heterocycles. The molecule has 2 aliphatic rings. The quantitative estimate of drug-likeness (QED) is 0.878. The van der Waals surface area contributed by atoms with Crippen molar-refractivity contribution >= 4 is 0 Å². The van der Waals surface area contributed by atoms with Gasteiger partial charge in [0, 0.05) is 11.6 Å². The van der Waals surface area contributed by atoms with Crippen molar-refractivity contribution in [3.05, 3.63) is 23.8 Å². The summed E-state index contributed by atoms with van der Waals surface area (Å²) in [5, 5.41) is 20.0. The Balaban J connectivity index is 1.64. The topological polar surface area (TPSA) is 58.9 Å². The van der Waals surface area contributed by atoms with Gasteiger partial charge in [-0.05, 0) is 25.0 Å². The van der Waals surface area contributed by atoms with Crippen LogP contribution >= 0.6 is 0 Å². The zero-order valence-corrected chi connectivity index (χ0v) is 11.0. The van der Waals surface area contributed by atoms with Gasteiger partial charge in [0.1, 0.15) is 30.8 Å². The SMILES string of the molecule is OC1COc2cc(OCC3(O)CCCCC3)ccc21. The second-order valence-corrected chi connectivity index (χ2v) is 5.60. The number of hydrogen-bond acceptors (Lipinski definition) is 4. The van der Waals surface area contributed by atoms with E-state index in [0.717, 1.165) is 31.2 Å². The molecule has 1 aromatic carbocycles. The van der Waals surface area contributed by atoms with Crippen molar-refractivity contribution in [2.75, 3.05) is 13.2 Å². The normalized spacial score (nSPS) is 24.6. The fourth-order valence-corrected chi connectivity index (χ4v) is 2.84. The third-order valence-electron chi connectivity index (χ3n) is 4.03. The second kappa shape index (κ2) is 5.02. The van der Waals surface area contributed by atoms with Crippen LogP contribution in [0.1, 0.15) is 43.8 Å². The third kappa shape index (κ3) is 2.69. The number of ether oxygens (including phenoxy) is 2. The highest BCUT2D eigenvalue weighted by Gasteiger charge is 2.30. The highest BCUT2D eigenvalue weighted by molar-refractivity contribution is 5.44. The molecule has 1 aliphatic carbocycles. The van der Waals surface area contributed by atoms with Crippen molar-refractivity contribution in [3.8, 4) is 11.5 Å². The van der Waals surface area contributed by atoms with Crippen molar-refractivity contribution in [3.63, 3.8) is 0 Å². The maximum absolute atomic E-state index is 10.4. The Morgan fingerprint density at radius 3 is 2.84 bits per heavy atom. The number of aliphatic hydroxyl groups excluding tert-OH is 1. The molecule has 1 aromatic rings. The van der Waals surface area contributed by atoms with E-state index in [-0.39, 0.29) is 0 Å². The average molecular weight is 264 g/mol. The summed E-state index contributed by atoms with van der Waals surface area (Å²) in [7, 11) is 0. The zero-order valence-electron chi connectivity index (χ0n) is 11.0. The molecule has 0 radical (unpaired) electrons. The summed E-state index contributed by atoms with van der Waals surface area (Å²) < 4.78 is 11.1. The summed E-state index contributed by atoms with van der Waals surface area (Å²) >= 11 is 0. The van der Waals surface area contributed by atoms with E-state index in [1.165, 1.54) is 6.42 Å². The highest BCUT2D eigenvalue weighted by atomic mass is 16.5. The molecule has 4 nitrogen and oxygen atoms in total. The maximum atomic E-state index is 10.4. The zero-order chi connectivity index (χ0) is 13.3. The van der Waals surface area contributed by atoms with Gasteiger partial charge in [0.2, 0.25) is 0 Å². The minimum absolute atomic E-state index is 0.308. The summed E-state index contributed by atoms with van der Waals surface area (Å²) in [4.78, 5) is 0. The predicted octanol–water partition coefficient (Wildman–Crippen LogP) is 2.19. The minimum atomic E-state index is -0.683. The molecule has 3 rings (SSSR count). The Hall–Kier alpha value is -1.26. The van der Waals surface area contributed by atoms with Crippen molar-refractivity contribution in [2.24, 2.45) is 0 Å². The van der Waals surface area contributed by atoms with Crippen LogP contribution in [0.3, 0.4) is 0 Å². The van der Waals surface area contributed by atoms with Crippen LogP contribution in [0.2, 0.25) is 0 Å². The lowest BCUT2D eigenvalue weighted by Crippen LogP contribution is -2.37. The molecule has 1 fully saturated rings. The van der Waals surface area contributed by atoms with Crippen LogP contribution in [0, 0.1) is 0 Å². The van der Waals surface area contributed by atoms with Crippen LogP contribution in [0.15, 0.2) is 18.2 Å². The molecule has 0 saturated heterocycles. The molecule has 0 aromatic heterocycles. The Morgan fingerprint density at radius 2 is 2.05 bits per heavy atom. The summed E-state index contributed by atoms with van der Waals surface area (Å²) in [5.41, 5.74) is 0.126. The highest BCUT2D eigenvalue weighted by Crippen LogP contribution is 2.36. The number of aliphatic hydroxyl groups is 2. The van der Waals surface area contributed by atoms with Gasteiger partial charge in [-0.15, -0.1) is 0 Å². The molecular formula is C15H20O4. The van der Waals surface area contributed by atoms with Crippen LogP contribution in [0.4, 0.5) is 0 Å². The van der Waals surface area contributed by atoms with Crippen LogP contribution in [-0.2, 0) is 0 Å². The minimum Gasteiger partial charge on any atom is -0.490 e. The molecule has 0 bridgehead atoms. The first-order valence-corrected chi connectivity index (χ1v) is 6.96. The number of rotatable bonds is 3. The number of fused-ring (bicyclic) bond motifs is 1. The lowest BCUT2D eigenvalue weighted by Gasteiger charge is -2.31. The lowest BCUT2D eigenvalue weighted by atomic mass is 9.85. The molecule has 0 amide bonds. The van der Waals surface area contributed by atoms with Crippen molar-refractivity contribution in [1.29, 1.82) is 0 Å². The summed E-state index contributed by atoms with van der Waals surface area (Å²) in [5.74, 6) is 1.37. The predicted molar refractivity (Wildman–Crippen MR) is 70.4 cm³/mol. The molecule has 0 spiro atoms. The summed E-state index contributed by atoms with van der Waals surface area (Å²) in [6, 6.07) is 5.44. The molecular weight excluding hydrogens is 244 g/mol. The van der Waals surface area contributed by atoms with E-state index in [0.29, 0.717) is 24.7 Å². The smallest absolute Gasteiger partial charge is 0.129 e. The summed E-state index contributed by atoms with van der Waals surface area (Å²) in [6.45, 7) is 0.636. The number of hydrogen-bond donors (Lipinski definition) is 2. The molecule has 19 heavy (non-hydrogen) atoms. The van der Waals surface area contributed by atoms with Gasteiger partial charge in [-0.1, -0.05) is 19.3 Å². The van der Waals surface area contributed by atoms with Crippen LogP contribution in [-0.4, -0.2) is 29.0 Å². The van der Waals surface area contributed by atoms with Gasteiger partial charge in [-0.2, -0.15) is 0 Å². The van der Waals surface area contributed by atoms with E-state index in [4.69, 9.17) is 9.47 Å². The second-order valence-electron chi connectivity index (χ2n) is 5.60. The van der Waals surface area contributed by atoms with Crippen molar-refractivity contribution < 1.29 is 19.7 Å². The van der Waals surface area contributed by atoms with E-state index < -0.39 is 11.7 Å². The van der Waals surface area contributed by atoms with Gasteiger partial charge >= 0.3 is 0 Å². The van der Waals surface area contributed by atoms with Gasteiger partial charge in [0.05, 0.1) is 5.60 Å². The van der Waals surface area contributed by atoms with Crippen molar-refractivity contribution in [1.82, 2.24) is 0 Å². The molecule has 1 unspecified atom stereocenters. The van der Waals surface area contributed by atoms with Crippen LogP contribution < -0.4 is 9.47 Å². The van der Waals surface area contributed by atoms with Gasteiger partial charge in [0.15, 0.2) is 0 Å². The molecule has 1 atom stereocenters. The first kappa shape index (κ1) is 12.8. The van der Waals surface area contributed by atoms with Crippen LogP contribution in [0.5, 0.6) is 11.5 Å². The van der Waals surface area contributed by atoms with E-state index in [2.05, 4.69) is 0 Å². The molecule has 104 valence electrons. The standard InChI is InChI=1S/C15H20O4/c16-13-9-18-14-8-11(4-5-12(13)14)19-10-15(17)6-2-1-3-7-15/h4-5,8,13,16-17H,1-3,6-7,9-10H2. The first-order chi connectivity index (χ1) is 9.16. The first-order valence-electron chi connectivity index (χ1n) is 6.96. The fourth-order valence-electron chi connectivity index (χ4n) is 2.84. The number of benzene rings is 1. The summed E-state index contributed by atoms with van der Waals surface area (Å²) in [6.07, 6.45) is 4.43. The molecule has 4 heteroatoms. The molecule has 1 saturated carbocycles. The Kier molecular flexibility index (Phi) is 3.37. The van der Waals surface area contributed by atoms with Crippen LogP contribution in [0.25, 0.3) is 0 Å². The van der Waals surface area contributed by atoms with E-state index in [1.54, 1.807) is 6.07 Å². The van der Waals surface area contributed by atoms with E-state index >= 15 is 0 Å². The van der Waals surface area contributed by atoms with E-state index in [1.807, 2.05) is 12.1 Å². The van der Waals surface area contributed by atoms with E-state index in [9.17, 15) is 10.2 Å². The largest absolute Gasteiger partial charge is 0.490 e. The Morgan fingerprint density at radius 1 is 1.26 bits per heavy atom. The fraction of sp³-hybridized carbons (Fsp3) is 0.600. The third-order valence-corrected chi connectivity index (χ3v) is 4.03.